The molecule has 2 amide bonds. The van der Waals surface area contributed by atoms with Crippen LogP contribution < -0.4 is 10.6 Å². The molecule has 0 aliphatic rings. The maximum atomic E-state index is 13.0. The van der Waals surface area contributed by atoms with Gasteiger partial charge in [0, 0.05) is 19.8 Å². The number of halogens is 2. The van der Waals surface area contributed by atoms with Gasteiger partial charge in [0.25, 0.3) is 0 Å². The van der Waals surface area contributed by atoms with Crippen molar-refractivity contribution in [2.24, 2.45) is 0 Å². The van der Waals surface area contributed by atoms with Gasteiger partial charge in [-0.3, -0.25) is 9.59 Å². The van der Waals surface area contributed by atoms with E-state index in [9.17, 15) is 18.8 Å². The van der Waals surface area contributed by atoms with Gasteiger partial charge in [-0.2, -0.15) is 0 Å². The predicted octanol–water partition coefficient (Wildman–Crippen LogP) is 1.83. The minimum atomic E-state index is -0.936. The number of hydrogen-bond donors (Lipinski definition) is 2. The molecule has 0 spiro atoms. The number of rotatable bonds is 8. The summed E-state index contributed by atoms with van der Waals surface area (Å²) in [5.41, 5.74) is 0.662. The van der Waals surface area contributed by atoms with Crippen LogP contribution in [0.1, 0.15) is 18.9 Å². The molecule has 6 nitrogen and oxygen atoms in total. The zero-order valence-electron chi connectivity index (χ0n) is 14.0. The third kappa shape index (κ3) is 7.47. The second-order valence-electron chi connectivity index (χ2n) is 5.39. The minimum absolute atomic E-state index is 0.141. The van der Waals surface area contributed by atoms with E-state index in [1.54, 1.807) is 0 Å². The topological polar surface area (TPSA) is 84.5 Å². The average molecular weight is 415 g/mol. The zero-order chi connectivity index (χ0) is 19.0. The van der Waals surface area contributed by atoms with Crippen molar-refractivity contribution in [2.45, 2.75) is 31.8 Å². The van der Waals surface area contributed by atoms with E-state index >= 15 is 0 Å². The van der Waals surface area contributed by atoms with Crippen molar-refractivity contribution in [3.63, 3.8) is 0 Å². The van der Waals surface area contributed by atoms with Gasteiger partial charge in [-0.25, -0.2) is 9.18 Å². The van der Waals surface area contributed by atoms with Gasteiger partial charge in [0.2, 0.25) is 11.8 Å². The molecule has 1 aromatic rings. The second-order valence-corrected chi connectivity index (χ2v) is 6.51. The molecule has 0 unspecified atom stereocenters. The molecule has 0 saturated carbocycles. The number of amides is 2. The Morgan fingerprint density at radius 2 is 1.80 bits per heavy atom. The van der Waals surface area contributed by atoms with Crippen molar-refractivity contribution in [2.75, 3.05) is 7.11 Å². The molecule has 8 heteroatoms. The number of hydrogen-bond acceptors (Lipinski definition) is 4. The fourth-order valence-electron chi connectivity index (χ4n) is 2.14. The van der Waals surface area contributed by atoms with Gasteiger partial charge >= 0.3 is 5.97 Å². The molecule has 136 valence electrons. The lowest BCUT2D eigenvalue weighted by atomic mass is 10.0. The number of benzene rings is 1. The molecular weight excluding hydrogens is 395 g/mol. The Morgan fingerprint density at radius 3 is 2.28 bits per heavy atom. The quantitative estimate of drug-likeness (QED) is 0.635. The van der Waals surface area contributed by atoms with Crippen LogP contribution in [-0.4, -0.2) is 37.0 Å². The zero-order valence-corrected chi connectivity index (χ0v) is 15.6. The Morgan fingerprint density at radius 1 is 1.20 bits per heavy atom. The van der Waals surface area contributed by atoms with Crippen LogP contribution in [0.4, 0.5) is 4.39 Å². The molecule has 0 bridgehead atoms. The lowest BCUT2D eigenvalue weighted by Gasteiger charge is -2.22. The number of carbonyl (C=O) groups is 3. The summed E-state index contributed by atoms with van der Waals surface area (Å²) in [6.07, 6.45) is 0.288. The second kappa shape index (κ2) is 9.93. The van der Waals surface area contributed by atoms with E-state index < -0.39 is 35.7 Å². The first-order valence-corrected chi connectivity index (χ1v) is 8.25. The summed E-state index contributed by atoms with van der Waals surface area (Å²) in [7, 11) is 1.21. The van der Waals surface area contributed by atoms with Crippen LogP contribution in [0.3, 0.4) is 0 Å². The molecule has 0 aliphatic carbocycles. The third-order valence-electron chi connectivity index (χ3n) is 3.27. The molecule has 0 heterocycles. The lowest BCUT2D eigenvalue weighted by Crippen LogP contribution is -2.52. The van der Waals surface area contributed by atoms with Gasteiger partial charge in [0.05, 0.1) is 7.11 Å². The molecule has 0 aromatic heterocycles. The van der Waals surface area contributed by atoms with Crippen LogP contribution in [0.5, 0.6) is 0 Å². The molecule has 0 radical (unpaired) electrons. The molecule has 25 heavy (non-hydrogen) atoms. The fourth-order valence-corrected chi connectivity index (χ4v) is 2.46. The van der Waals surface area contributed by atoms with Crippen molar-refractivity contribution >= 4 is 33.7 Å². The summed E-state index contributed by atoms with van der Waals surface area (Å²) in [5, 5.41) is 5.07. The fraction of sp³-hybridized carbons (Fsp3) is 0.353. The SMILES string of the molecule is C=C(Br)C[C@@H](NC(=O)[C@@H](Cc1ccc(F)cc1)NC(C)=O)C(=O)OC. The highest BCUT2D eigenvalue weighted by Gasteiger charge is 2.27. The molecular formula is C17H20BrFN2O4. The van der Waals surface area contributed by atoms with E-state index in [1.807, 2.05) is 0 Å². The summed E-state index contributed by atoms with van der Waals surface area (Å²) in [6, 6.07) is 3.73. The number of carbonyl (C=O) groups excluding carboxylic acids is 3. The van der Waals surface area contributed by atoms with Gasteiger partial charge in [-0.05, 0) is 22.2 Å². The van der Waals surface area contributed by atoms with Crippen molar-refractivity contribution < 1.29 is 23.5 Å². The van der Waals surface area contributed by atoms with Gasteiger partial charge in [0.1, 0.15) is 17.9 Å². The average Bonchev–Trinajstić information content (AvgIpc) is 2.54. The lowest BCUT2D eigenvalue weighted by molar-refractivity contribution is -0.145. The Bertz CT molecular complexity index is 649. The van der Waals surface area contributed by atoms with Gasteiger partial charge in [0.15, 0.2) is 0 Å². The van der Waals surface area contributed by atoms with E-state index in [0.717, 1.165) is 0 Å². The summed E-state index contributed by atoms with van der Waals surface area (Å²) >= 11 is 3.14. The van der Waals surface area contributed by atoms with Crippen LogP contribution in [0.25, 0.3) is 0 Å². The van der Waals surface area contributed by atoms with E-state index in [-0.39, 0.29) is 12.8 Å². The number of nitrogens with one attached hydrogen (secondary N) is 2. The summed E-state index contributed by atoms with van der Waals surface area (Å²) in [4.78, 5) is 35.7. The molecule has 2 N–H and O–H groups in total. The standard InChI is InChI=1S/C17H20BrFN2O4/c1-10(18)8-15(17(24)25-3)21-16(23)14(20-11(2)22)9-12-4-6-13(19)7-5-12/h4-7,14-15H,1,8-9H2,2-3H3,(H,20,22)(H,21,23)/t14-,15-/m1/s1. The Labute approximate surface area is 153 Å². The van der Waals surface area contributed by atoms with E-state index in [4.69, 9.17) is 0 Å². The predicted molar refractivity (Wildman–Crippen MR) is 94.3 cm³/mol. The number of ether oxygens (including phenoxy) is 1. The maximum Gasteiger partial charge on any atom is 0.328 e. The number of esters is 1. The summed E-state index contributed by atoms with van der Waals surface area (Å²) in [6.45, 7) is 4.92. The Balaban J connectivity index is 2.90. The van der Waals surface area contributed by atoms with Crippen molar-refractivity contribution in [1.82, 2.24) is 10.6 Å². The van der Waals surface area contributed by atoms with Crippen LogP contribution >= 0.6 is 15.9 Å². The van der Waals surface area contributed by atoms with Crippen LogP contribution in [0.2, 0.25) is 0 Å². The summed E-state index contributed by atoms with van der Waals surface area (Å²) in [5.74, 6) is -1.98. The van der Waals surface area contributed by atoms with E-state index in [0.29, 0.717) is 10.0 Å². The first-order chi connectivity index (χ1) is 11.7. The van der Waals surface area contributed by atoms with Gasteiger partial charge in [-0.15, -0.1) is 0 Å². The maximum absolute atomic E-state index is 13.0. The van der Waals surface area contributed by atoms with Crippen molar-refractivity contribution in [3.8, 4) is 0 Å². The largest absolute Gasteiger partial charge is 0.467 e. The summed E-state index contributed by atoms with van der Waals surface area (Å²) < 4.78 is 18.2. The van der Waals surface area contributed by atoms with Gasteiger partial charge < -0.3 is 15.4 Å². The Hall–Kier alpha value is -2.22. The molecule has 2 atom stereocenters. The molecule has 0 fully saturated rings. The van der Waals surface area contributed by atoms with E-state index in [1.165, 1.54) is 38.3 Å². The molecule has 1 aromatic carbocycles. The Kier molecular flexibility index (Phi) is 8.27. The highest BCUT2D eigenvalue weighted by molar-refractivity contribution is 9.11. The normalized spacial score (nSPS) is 12.6. The van der Waals surface area contributed by atoms with E-state index in [2.05, 4.69) is 37.9 Å². The van der Waals surface area contributed by atoms with Gasteiger partial charge in [-0.1, -0.05) is 34.6 Å². The first-order valence-electron chi connectivity index (χ1n) is 7.46. The molecule has 1 rings (SSSR count). The minimum Gasteiger partial charge on any atom is -0.467 e. The third-order valence-corrected chi connectivity index (χ3v) is 3.60. The highest BCUT2D eigenvalue weighted by atomic mass is 79.9. The van der Waals surface area contributed by atoms with Crippen molar-refractivity contribution in [1.29, 1.82) is 0 Å². The number of methoxy groups -OCH3 is 1. The molecule has 0 aliphatic heterocycles. The monoisotopic (exact) mass is 414 g/mol. The van der Waals surface area contributed by atoms with Crippen molar-refractivity contribution in [3.05, 3.63) is 46.7 Å². The van der Waals surface area contributed by atoms with Crippen LogP contribution in [-0.2, 0) is 25.5 Å². The van der Waals surface area contributed by atoms with Crippen LogP contribution in [0, 0.1) is 5.82 Å². The smallest absolute Gasteiger partial charge is 0.328 e. The van der Waals surface area contributed by atoms with Crippen LogP contribution in [0.15, 0.2) is 35.3 Å². The molecule has 0 saturated heterocycles. The first kappa shape index (κ1) is 20.8. The highest BCUT2D eigenvalue weighted by Crippen LogP contribution is 2.12.